The Bertz CT molecular complexity index is 1970. The molecule has 0 fully saturated rings. The molecule has 1 atom stereocenters. The molecule has 0 aliphatic carbocycles. The van der Waals surface area contributed by atoms with E-state index in [0.717, 1.165) is 44.5 Å². The average Bonchev–Trinajstić information content (AvgIpc) is 3.47. The molecule has 42 heavy (non-hydrogen) atoms. The van der Waals surface area contributed by atoms with Crippen LogP contribution in [0.1, 0.15) is 40.9 Å². The summed E-state index contributed by atoms with van der Waals surface area (Å²) in [6, 6.07) is 28.2. The average molecular weight is 558 g/mol. The first-order valence-corrected chi connectivity index (χ1v) is 13.5. The molecule has 9 heteroatoms. The summed E-state index contributed by atoms with van der Waals surface area (Å²) in [5.74, 6) is 2.74. The number of hydrogen-bond donors (Lipinski definition) is 0. The Morgan fingerprint density at radius 1 is 0.929 bits per heavy atom. The van der Waals surface area contributed by atoms with E-state index in [4.69, 9.17) is 24.0 Å². The smallest absolute Gasteiger partial charge is 0.228 e. The fourth-order valence-electron chi connectivity index (χ4n) is 5.45. The first kappa shape index (κ1) is 25.5. The van der Waals surface area contributed by atoms with Crippen LogP contribution < -0.4 is 14.2 Å². The standard InChI is InChI=1S/C33H27N5O4/c1-20(21-9-5-4-6-10-21)37-41-18-28-35-32-30-29(23-14-16-26(39-2)27(17-23)40-3)25-15-13-22-11-7-8-12-24(22)31(25)42-33(30)34-19-38(32)36-28/h4-17,19,29H,18H2,1-3H3/b37-20+. The molecule has 3 heterocycles. The summed E-state index contributed by atoms with van der Waals surface area (Å²) in [6.07, 6.45) is 1.62. The zero-order valence-corrected chi connectivity index (χ0v) is 23.3. The molecule has 0 saturated carbocycles. The van der Waals surface area contributed by atoms with Crippen LogP contribution in [-0.4, -0.2) is 39.5 Å². The molecule has 1 unspecified atom stereocenters. The molecule has 0 radical (unpaired) electrons. The third kappa shape index (κ3) is 4.35. The molecule has 7 rings (SSSR count). The number of nitrogens with zero attached hydrogens (tertiary/aromatic N) is 5. The Morgan fingerprint density at radius 2 is 1.74 bits per heavy atom. The molecule has 0 saturated heterocycles. The fraction of sp³-hybridized carbons (Fsp3) is 0.152. The molecule has 0 N–H and O–H groups in total. The van der Waals surface area contributed by atoms with Gasteiger partial charge in [-0.1, -0.05) is 78.0 Å². The van der Waals surface area contributed by atoms with Gasteiger partial charge in [0.15, 0.2) is 29.6 Å². The highest BCUT2D eigenvalue weighted by Gasteiger charge is 2.34. The number of fused-ring (bicyclic) bond motifs is 6. The van der Waals surface area contributed by atoms with E-state index in [1.165, 1.54) is 0 Å². The van der Waals surface area contributed by atoms with Crippen molar-refractivity contribution in [3.05, 3.63) is 119 Å². The molecule has 1 aliphatic rings. The lowest BCUT2D eigenvalue weighted by atomic mass is 9.82. The van der Waals surface area contributed by atoms with Gasteiger partial charge < -0.3 is 19.0 Å². The highest BCUT2D eigenvalue weighted by molar-refractivity contribution is 5.98. The van der Waals surface area contributed by atoms with Gasteiger partial charge in [0, 0.05) is 16.9 Å². The molecule has 4 aromatic carbocycles. The maximum Gasteiger partial charge on any atom is 0.228 e. The first-order chi connectivity index (χ1) is 20.6. The van der Waals surface area contributed by atoms with E-state index in [9.17, 15) is 0 Å². The molecular weight excluding hydrogens is 530 g/mol. The lowest BCUT2D eigenvalue weighted by Gasteiger charge is -2.29. The third-order valence-corrected chi connectivity index (χ3v) is 7.47. The molecule has 2 aromatic heterocycles. The van der Waals surface area contributed by atoms with Crippen LogP contribution in [0.5, 0.6) is 23.1 Å². The van der Waals surface area contributed by atoms with Crippen molar-refractivity contribution in [3.8, 4) is 23.1 Å². The minimum Gasteiger partial charge on any atom is -0.493 e. The van der Waals surface area contributed by atoms with Crippen molar-refractivity contribution in [1.82, 2.24) is 19.6 Å². The van der Waals surface area contributed by atoms with Crippen LogP contribution in [0.15, 0.2) is 96.4 Å². The number of rotatable bonds is 7. The minimum absolute atomic E-state index is 0.101. The summed E-state index contributed by atoms with van der Waals surface area (Å²) in [7, 11) is 3.26. The number of oxime groups is 1. The minimum atomic E-state index is -0.263. The van der Waals surface area contributed by atoms with Crippen LogP contribution in [0.3, 0.4) is 0 Å². The normalized spacial score (nSPS) is 14.3. The molecule has 0 amide bonds. The van der Waals surface area contributed by atoms with Gasteiger partial charge in [-0.25, -0.2) is 14.5 Å². The molecule has 9 nitrogen and oxygen atoms in total. The predicted molar refractivity (Wildman–Crippen MR) is 159 cm³/mol. The highest BCUT2D eigenvalue weighted by Crippen LogP contribution is 2.51. The summed E-state index contributed by atoms with van der Waals surface area (Å²) >= 11 is 0. The second-order valence-electron chi connectivity index (χ2n) is 9.93. The predicted octanol–water partition coefficient (Wildman–Crippen LogP) is 6.52. The van der Waals surface area contributed by atoms with E-state index in [-0.39, 0.29) is 12.5 Å². The summed E-state index contributed by atoms with van der Waals surface area (Å²) in [6.45, 7) is 2.00. The maximum atomic E-state index is 6.52. The quantitative estimate of drug-likeness (QED) is 0.163. The van der Waals surface area contributed by atoms with Gasteiger partial charge in [-0.15, -0.1) is 5.10 Å². The Kier molecular flexibility index (Phi) is 6.39. The number of hydrogen-bond acceptors (Lipinski definition) is 8. The van der Waals surface area contributed by atoms with Gasteiger partial charge in [-0.2, -0.15) is 0 Å². The number of aromatic nitrogens is 4. The fourth-order valence-corrected chi connectivity index (χ4v) is 5.45. The number of methoxy groups -OCH3 is 2. The van der Waals surface area contributed by atoms with E-state index in [1.54, 1.807) is 25.1 Å². The van der Waals surface area contributed by atoms with E-state index in [0.29, 0.717) is 28.9 Å². The number of ether oxygens (including phenoxy) is 3. The monoisotopic (exact) mass is 557 g/mol. The SMILES string of the molecule is COc1ccc(C2c3ccc4ccccc4c3Oc3ncn4nc(CO/N=C(\C)c5ccccc5)nc4c32)cc1OC. The van der Waals surface area contributed by atoms with Crippen molar-refractivity contribution in [2.24, 2.45) is 5.16 Å². The van der Waals surface area contributed by atoms with Crippen molar-refractivity contribution in [1.29, 1.82) is 0 Å². The van der Waals surface area contributed by atoms with Crippen LogP contribution in [0.4, 0.5) is 0 Å². The van der Waals surface area contributed by atoms with Gasteiger partial charge in [-0.05, 0) is 35.6 Å². The highest BCUT2D eigenvalue weighted by atomic mass is 16.6. The molecular formula is C33H27N5O4. The van der Waals surface area contributed by atoms with Gasteiger partial charge in [0.1, 0.15) is 12.1 Å². The van der Waals surface area contributed by atoms with Gasteiger partial charge in [0.05, 0.1) is 25.5 Å². The topological polar surface area (TPSA) is 92.4 Å². The summed E-state index contributed by atoms with van der Waals surface area (Å²) in [5.41, 5.74) is 5.15. The Labute approximate surface area is 242 Å². The Hall–Kier alpha value is -5.44. The van der Waals surface area contributed by atoms with Crippen molar-refractivity contribution < 1.29 is 19.0 Å². The van der Waals surface area contributed by atoms with Gasteiger partial charge >= 0.3 is 0 Å². The van der Waals surface area contributed by atoms with E-state index in [1.807, 2.05) is 67.6 Å². The lowest BCUT2D eigenvalue weighted by molar-refractivity contribution is 0.125. The molecule has 1 aliphatic heterocycles. The van der Waals surface area contributed by atoms with Gasteiger partial charge in [-0.3, -0.25) is 0 Å². The van der Waals surface area contributed by atoms with Crippen molar-refractivity contribution in [2.75, 3.05) is 14.2 Å². The van der Waals surface area contributed by atoms with Crippen LogP contribution in [0.2, 0.25) is 0 Å². The second kappa shape index (κ2) is 10.5. The summed E-state index contributed by atoms with van der Waals surface area (Å²) in [5, 5.41) is 11.0. The second-order valence-corrected chi connectivity index (χ2v) is 9.93. The van der Waals surface area contributed by atoms with E-state index in [2.05, 4.69) is 39.5 Å². The third-order valence-electron chi connectivity index (χ3n) is 7.47. The van der Waals surface area contributed by atoms with Crippen LogP contribution in [-0.2, 0) is 11.4 Å². The van der Waals surface area contributed by atoms with Crippen molar-refractivity contribution >= 4 is 22.1 Å². The van der Waals surface area contributed by atoms with E-state index >= 15 is 0 Å². The zero-order valence-electron chi connectivity index (χ0n) is 23.3. The van der Waals surface area contributed by atoms with Crippen LogP contribution >= 0.6 is 0 Å². The largest absolute Gasteiger partial charge is 0.493 e. The summed E-state index contributed by atoms with van der Waals surface area (Å²) in [4.78, 5) is 15.2. The van der Waals surface area contributed by atoms with Crippen molar-refractivity contribution in [2.45, 2.75) is 19.4 Å². The summed E-state index contributed by atoms with van der Waals surface area (Å²) < 4.78 is 19.4. The van der Waals surface area contributed by atoms with Gasteiger partial charge in [0.2, 0.25) is 5.88 Å². The Balaban J connectivity index is 1.34. The van der Waals surface area contributed by atoms with Crippen molar-refractivity contribution in [3.63, 3.8) is 0 Å². The maximum absolute atomic E-state index is 6.52. The van der Waals surface area contributed by atoms with Crippen LogP contribution in [0, 0.1) is 0 Å². The Morgan fingerprint density at radius 3 is 2.57 bits per heavy atom. The molecule has 0 spiro atoms. The molecule has 0 bridgehead atoms. The van der Waals surface area contributed by atoms with Crippen LogP contribution in [0.25, 0.3) is 16.4 Å². The number of benzene rings is 4. The zero-order chi connectivity index (χ0) is 28.6. The lowest BCUT2D eigenvalue weighted by Crippen LogP contribution is -2.15. The van der Waals surface area contributed by atoms with Gasteiger partial charge in [0.25, 0.3) is 0 Å². The molecule has 6 aromatic rings. The first-order valence-electron chi connectivity index (χ1n) is 13.5. The molecule has 208 valence electrons. The van der Waals surface area contributed by atoms with E-state index < -0.39 is 0 Å².